The minimum absolute atomic E-state index is 0.101. The molecule has 0 saturated heterocycles. The minimum atomic E-state index is -0.892. The number of halogens is 1. The van der Waals surface area contributed by atoms with Gasteiger partial charge in [-0.2, -0.15) is 0 Å². The van der Waals surface area contributed by atoms with Gasteiger partial charge in [0.15, 0.2) is 0 Å². The first kappa shape index (κ1) is 14.3. The molecule has 1 aromatic heterocycles. The van der Waals surface area contributed by atoms with E-state index < -0.39 is 5.97 Å². The van der Waals surface area contributed by atoms with Gasteiger partial charge in [0, 0.05) is 16.9 Å². The summed E-state index contributed by atoms with van der Waals surface area (Å²) in [6.45, 7) is 2.28. The molecule has 0 aliphatic heterocycles. The van der Waals surface area contributed by atoms with E-state index in [2.05, 4.69) is 4.98 Å². The molecule has 1 aromatic carbocycles. The molecular weight excluding hydrogens is 276 g/mol. The van der Waals surface area contributed by atoms with Gasteiger partial charge in [-0.1, -0.05) is 23.7 Å². The third kappa shape index (κ3) is 3.96. The van der Waals surface area contributed by atoms with Gasteiger partial charge in [-0.05, 0) is 36.8 Å². The highest BCUT2D eigenvalue weighted by Crippen LogP contribution is 2.21. The van der Waals surface area contributed by atoms with Gasteiger partial charge < -0.3 is 10.0 Å². The van der Waals surface area contributed by atoms with Crippen LogP contribution in [0.25, 0.3) is 0 Å². The van der Waals surface area contributed by atoms with E-state index in [-0.39, 0.29) is 6.54 Å². The van der Waals surface area contributed by atoms with Crippen LogP contribution in [-0.2, 0) is 11.3 Å². The standard InChI is InChI=1S/C15H15ClN2O2/c1-11-5-6-13(17-8-11)9-18(10-15(19)20)14-4-2-3-12(16)7-14/h2-8H,9-10H2,1H3,(H,19,20). The molecule has 1 N–H and O–H groups in total. The molecule has 0 aliphatic carbocycles. The van der Waals surface area contributed by atoms with E-state index in [0.717, 1.165) is 16.9 Å². The zero-order valence-corrected chi connectivity index (χ0v) is 11.8. The van der Waals surface area contributed by atoms with Crippen molar-refractivity contribution in [2.24, 2.45) is 0 Å². The smallest absolute Gasteiger partial charge is 0.323 e. The number of aromatic nitrogens is 1. The third-order valence-electron chi connectivity index (χ3n) is 2.82. The number of carboxylic acid groups (broad SMARTS) is 1. The Morgan fingerprint density at radius 3 is 2.75 bits per heavy atom. The number of hydrogen-bond donors (Lipinski definition) is 1. The second-order valence-corrected chi connectivity index (χ2v) is 4.99. The van der Waals surface area contributed by atoms with Crippen LogP contribution >= 0.6 is 11.6 Å². The van der Waals surface area contributed by atoms with Gasteiger partial charge in [-0.25, -0.2) is 0 Å². The Hall–Kier alpha value is -2.07. The molecular formula is C15H15ClN2O2. The van der Waals surface area contributed by atoms with Gasteiger partial charge in [0.2, 0.25) is 0 Å². The SMILES string of the molecule is Cc1ccc(CN(CC(=O)O)c2cccc(Cl)c2)nc1. The van der Waals surface area contributed by atoms with Gasteiger partial charge in [0.1, 0.15) is 6.54 Å². The van der Waals surface area contributed by atoms with Crippen molar-refractivity contribution in [1.29, 1.82) is 0 Å². The van der Waals surface area contributed by atoms with Crippen molar-refractivity contribution in [2.45, 2.75) is 13.5 Å². The number of carbonyl (C=O) groups is 1. The van der Waals surface area contributed by atoms with Crippen LogP contribution in [-0.4, -0.2) is 22.6 Å². The van der Waals surface area contributed by atoms with Crippen molar-refractivity contribution in [1.82, 2.24) is 4.98 Å². The summed E-state index contributed by atoms with van der Waals surface area (Å²) in [5.74, 6) is -0.892. The van der Waals surface area contributed by atoms with Crippen molar-refractivity contribution in [3.05, 3.63) is 58.9 Å². The largest absolute Gasteiger partial charge is 0.480 e. The minimum Gasteiger partial charge on any atom is -0.480 e. The summed E-state index contributed by atoms with van der Waals surface area (Å²) in [4.78, 5) is 17.1. The lowest BCUT2D eigenvalue weighted by Crippen LogP contribution is -2.29. The molecule has 0 bridgehead atoms. The Bertz CT molecular complexity index is 599. The Kier molecular flexibility index (Phi) is 4.58. The van der Waals surface area contributed by atoms with Gasteiger partial charge in [-0.3, -0.25) is 9.78 Å². The van der Waals surface area contributed by atoms with Gasteiger partial charge in [-0.15, -0.1) is 0 Å². The first-order chi connectivity index (χ1) is 9.54. The molecule has 0 spiro atoms. The van der Waals surface area contributed by atoms with Crippen LogP contribution in [0.15, 0.2) is 42.6 Å². The average molecular weight is 291 g/mol. The second kappa shape index (κ2) is 6.39. The summed E-state index contributed by atoms with van der Waals surface area (Å²) in [5.41, 5.74) is 2.65. The number of rotatable bonds is 5. The molecule has 0 fully saturated rings. The fourth-order valence-electron chi connectivity index (χ4n) is 1.86. The molecule has 0 unspecified atom stereocenters. The van der Waals surface area contributed by atoms with Crippen LogP contribution < -0.4 is 4.90 Å². The van der Waals surface area contributed by atoms with Crippen LogP contribution in [0, 0.1) is 6.92 Å². The molecule has 0 amide bonds. The number of anilines is 1. The van der Waals surface area contributed by atoms with Crippen LogP contribution in [0.1, 0.15) is 11.3 Å². The summed E-state index contributed by atoms with van der Waals surface area (Å²) in [5, 5.41) is 9.62. The van der Waals surface area contributed by atoms with E-state index in [1.54, 1.807) is 29.3 Å². The number of nitrogens with zero attached hydrogens (tertiary/aromatic N) is 2. The van der Waals surface area contributed by atoms with Crippen LogP contribution in [0.2, 0.25) is 5.02 Å². The quantitative estimate of drug-likeness (QED) is 0.919. The molecule has 1 heterocycles. The predicted octanol–water partition coefficient (Wildman–Crippen LogP) is 3.13. The zero-order chi connectivity index (χ0) is 14.5. The first-order valence-electron chi connectivity index (χ1n) is 6.18. The van der Waals surface area contributed by atoms with Crippen molar-refractivity contribution < 1.29 is 9.90 Å². The average Bonchev–Trinajstić information content (AvgIpc) is 2.40. The third-order valence-corrected chi connectivity index (χ3v) is 3.06. The van der Waals surface area contributed by atoms with E-state index in [0.29, 0.717) is 11.6 Å². The summed E-state index contributed by atoms with van der Waals surface area (Å²) < 4.78 is 0. The number of benzene rings is 1. The van der Waals surface area contributed by atoms with E-state index in [1.807, 2.05) is 25.1 Å². The Labute approximate surface area is 122 Å². The lowest BCUT2D eigenvalue weighted by Gasteiger charge is -2.22. The van der Waals surface area contributed by atoms with E-state index in [1.165, 1.54) is 0 Å². The van der Waals surface area contributed by atoms with Gasteiger partial charge >= 0.3 is 5.97 Å². The highest BCUT2D eigenvalue weighted by Gasteiger charge is 2.12. The van der Waals surface area contributed by atoms with Gasteiger partial charge in [0.25, 0.3) is 0 Å². The summed E-state index contributed by atoms with van der Waals surface area (Å²) in [7, 11) is 0. The number of aliphatic carboxylic acids is 1. The predicted molar refractivity (Wildman–Crippen MR) is 79.1 cm³/mol. The monoisotopic (exact) mass is 290 g/mol. The van der Waals surface area contributed by atoms with Gasteiger partial charge in [0.05, 0.1) is 12.2 Å². The molecule has 0 radical (unpaired) electrons. The molecule has 0 atom stereocenters. The van der Waals surface area contributed by atoms with Crippen molar-refractivity contribution in [3.8, 4) is 0 Å². The molecule has 2 rings (SSSR count). The first-order valence-corrected chi connectivity index (χ1v) is 6.56. The van der Waals surface area contributed by atoms with Crippen LogP contribution in [0.3, 0.4) is 0 Å². The van der Waals surface area contributed by atoms with Crippen LogP contribution in [0.4, 0.5) is 5.69 Å². The lowest BCUT2D eigenvalue weighted by molar-refractivity contribution is -0.135. The molecule has 104 valence electrons. The highest BCUT2D eigenvalue weighted by atomic mass is 35.5. The summed E-state index contributed by atoms with van der Waals surface area (Å²) >= 11 is 5.96. The fourth-order valence-corrected chi connectivity index (χ4v) is 2.05. The second-order valence-electron chi connectivity index (χ2n) is 4.56. The maximum Gasteiger partial charge on any atom is 0.323 e. The number of hydrogen-bond acceptors (Lipinski definition) is 3. The molecule has 5 heteroatoms. The Morgan fingerprint density at radius 2 is 2.15 bits per heavy atom. The zero-order valence-electron chi connectivity index (χ0n) is 11.1. The molecule has 0 aliphatic rings. The number of pyridine rings is 1. The van der Waals surface area contributed by atoms with Crippen LogP contribution in [0.5, 0.6) is 0 Å². The van der Waals surface area contributed by atoms with E-state index in [9.17, 15) is 4.79 Å². The van der Waals surface area contributed by atoms with E-state index >= 15 is 0 Å². The summed E-state index contributed by atoms with van der Waals surface area (Å²) in [6, 6.07) is 11.0. The normalized spacial score (nSPS) is 10.3. The van der Waals surface area contributed by atoms with Crippen molar-refractivity contribution in [2.75, 3.05) is 11.4 Å². The van der Waals surface area contributed by atoms with Crippen molar-refractivity contribution in [3.63, 3.8) is 0 Å². The topological polar surface area (TPSA) is 53.4 Å². The molecule has 4 nitrogen and oxygen atoms in total. The Morgan fingerprint density at radius 1 is 1.35 bits per heavy atom. The number of carboxylic acids is 1. The molecule has 2 aromatic rings. The molecule has 20 heavy (non-hydrogen) atoms. The summed E-state index contributed by atoms with van der Waals surface area (Å²) in [6.07, 6.45) is 1.77. The maximum absolute atomic E-state index is 11.0. The van der Waals surface area contributed by atoms with E-state index in [4.69, 9.17) is 16.7 Å². The van der Waals surface area contributed by atoms with Crippen molar-refractivity contribution >= 4 is 23.3 Å². The lowest BCUT2D eigenvalue weighted by atomic mass is 10.2. The highest BCUT2D eigenvalue weighted by molar-refractivity contribution is 6.30. The Balaban J connectivity index is 2.23. The number of aryl methyl sites for hydroxylation is 1. The fraction of sp³-hybridized carbons (Fsp3) is 0.200. The maximum atomic E-state index is 11.0. The molecule has 0 saturated carbocycles.